The molecule has 0 aliphatic carbocycles. The Balaban J connectivity index is 3.38. The van der Waals surface area contributed by atoms with E-state index in [1.165, 1.54) is 12.2 Å². The molecule has 0 aliphatic heterocycles. The second-order valence-electron chi connectivity index (χ2n) is 2.83. The third-order valence-electron chi connectivity index (χ3n) is 1.94. The maximum atomic E-state index is 8.66. The Labute approximate surface area is 74.0 Å². The second kappa shape index (κ2) is 6.95. The van der Waals surface area contributed by atoms with Crippen LogP contribution in [0.3, 0.4) is 0 Å². The van der Waals surface area contributed by atoms with Crippen LogP contribution in [0.15, 0.2) is 0 Å². The zero-order chi connectivity index (χ0) is 8.69. The number of nitrogens with zero attached hydrogens (tertiary/aromatic N) is 1. The van der Waals surface area contributed by atoms with Crippen molar-refractivity contribution in [1.82, 2.24) is 4.90 Å². The Bertz CT molecular complexity index is 90.2. The summed E-state index contributed by atoms with van der Waals surface area (Å²) in [6.45, 7) is 3.25. The van der Waals surface area contributed by atoms with E-state index < -0.39 is 0 Å². The van der Waals surface area contributed by atoms with Crippen LogP contribution in [0.4, 0.5) is 0 Å². The molecular formula is C8H19NOS. The van der Waals surface area contributed by atoms with Crippen LogP contribution in [-0.4, -0.2) is 48.3 Å². The third kappa shape index (κ3) is 5.53. The first-order valence-corrected chi connectivity index (χ1v) is 5.41. The molecule has 0 aromatic carbocycles. The van der Waals surface area contributed by atoms with Crippen LogP contribution in [0.5, 0.6) is 0 Å². The van der Waals surface area contributed by atoms with Gasteiger partial charge in [0.05, 0.1) is 6.61 Å². The van der Waals surface area contributed by atoms with Crippen molar-refractivity contribution in [2.24, 2.45) is 0 Å². The van der Waals surface area contributed by atoms with Crippen molar-refractivity contribution in [3.63, 3.8) is 0 Å². The van der Waals surface area contributed by atoms with Gasteiger partial charge in [-0.15, -0.1) is 0 Å². The monoisotopic (exact) mass is 177 g/mol. The molecule has 0 aliphatic rings. The van der Waals surface area contributed by atoms with Gasteiger partial charge in [0.25, 0.3) is 0 Å². The summed E-state index contributed by atoms with van der Waals surface area (Å²) in [5, 5.41) is 8.66. The van der Waals surface area contributed by atoms with Crippen molar-refractivity contribution in [2.45, 2.75) is 19.4 Å². The highest BCUT2D eigenvalue weighted by atomic mass is 32.2. The van der Waals surface area contributed by atoms with Crippen LogP contribution >= 0.6 is 11.8 Å². The maximum absolute atomic E-state index is 8.66. The lowest BCUT2D eigenvalue weighted by Crippen LogP contribution is -2.31. The van der Waals surface area contributed by atoms with E-state index in [-0.39, 0.29) is 6.61 Å². The molecule has 1 unspecified atom stereocenters. The molecule has 0 spiro atoms. The van der Waals surface area contributed by atoms with E-state index in [1.807, 2.05) is 11.8 Å². The summed E-state index contributed by atoms with van der Waals surface area (Å²) in [5.41, 5.74) is 0. The Morgan fingerprint density at radius 3 is 2.64 bits per heavy atom. The fourth-order valence-electron chi connectivity index (χ4n) is 0.887. The predicted octanol–water partition coefficient (Wildman–Crippen LogP) is 1.05. The first-order chi connectivity index (χ1) is 5.22. The average Bonchev–Trinajstić information content (AvgIpc) is 2.00. The molecule has 2 nitrogen and oxygen atoms in total. The molecule has 0 rings (SSSR count). The Morgan fingerprint density at radius 1 is 1.55 bits per heavy atom. The SMILES string of the molecule is CSCCC(C)N(C)CCO. The minimum atomic E-state index is 0.264. The largest absolute Gasteiger partial charge is 0.395 e. The number of aliphatic hydroxyl groups excluding tert-OH is 1. The number of likely N-dealkylation sites (N-methyl/N-ethyl adjacent to an activating group) is 1. The maximum Gasteiger partial charge on any atom is 0.0558 e. The molecule has 0 saturated heterocycles. The molecule has 0 bridgehead atoms. The fourth-order valence-corrected chi connectivity index (χ4v) is 1.46. The molecule has 0 radical (unpaired) electrons. The Kier molecular flexibility index (Phi) is 7.12. The first kappa shape index (κ1) is 11.3. The molecule has 0 saturated carbocycles. The highest BCUT2D eigenvalue weighted by molar-refractivity contribution is 7.98. The van der Waals surface area contributed by atoms with Gasteiger partial charge in [0, 0.05) is 12.6 Å². The molecule has 68 valence electrons. The Morgan fingerprint density at radius 2 is 2.18 bits per heavy atom. The van der Waals surface area contributed by atoms with Gasteiger partial charge in [-0.1, -0.05) is 0 Å². The summed E-state index contributed by atoms with van der Waals surface area (Å²) in [7, 11) is 2.06. The van der Waals surface area contributed by atoms with Gasteiger partial charge in [-0.25, -0.2) is 0 Å². The number of hydrogen-bond acceptors (Lipinski definition) is 3. The highest BCUT2D eigenvalue weighted by Crippen LogP contribution is 2.04. The summed E-state index contributed by atoms with van der Waals surface area (Å²) in [6.07, 6.45) is 3.33. The van der Waals surface area contributed by atoms with Gasteiger partial charge >= 0.3 is 0 Å². The van der Waals surface area contributed by atoms with Gasteiger partial charge in [0.15, 0.2) is 0 Å². The molecule has 0 fully saturated rings. The average molecular weight is 177 g/mol. The molecular weight excluding hydrogens is 158 g/mol. The summed E-state index contributed by atoms with van der Waals surface area (Å²) >= 11 is 1.88. The van der Waals surface area contributed by atoms with Crippen LogP contribution in [0.2, 0.25) is 0 Å². The third-order valence-corrected chi connectivity index (χ3v) is 2.59. The van der Waals surface area contributed by atoms with Gasteiger partial charge in [-0.2, -0.15) is 11.8 Å². The lowest BCUT2D eigenvalue weighted by Gasteiger charge is -2.23. The molecule has 11 heavy (non-hydrogen) atoms. The summed E-state index contributed by atoms with van der Waals surface area (Å²) < 4.78 is 0. The van der Waals surface area contributed by atoms with Crippen molar-refractivity contribution in [3.8, 4) is 0 Å². The zero-order valence-electron chi connectivity index (χ0n) is 7.71. The van der Waals surface area contributed by atoms with Gasteiger partial charge < -0.3 is 10.0 Å². The van der Waals surface area contributed by atoms with E-state index in [0.29, 0.717) is 6.04 Å². The highest BCUT2D eigenvalue weighted by Gasteiger charge is 2.06. The molecule has 1 N–H and O–H groups in total. The van der Waals surface area contributed by atoms with Crippen molar-refractivity contribution in [2.75, 3.05) is 32.2 Å². The minimum absolute atomic E-state index is 0.264. The molecule has 0 amide bonds. The van der Waals surface area contributed by atoms with Gasteiger partial charge in [0.2, 0.25) is 0 Å². The van der Waals surface area contributed by atoms with Crippen LogP contribution in [-0.2, 0) is 0 Å². The second-order valence-corrected chi connectivity index (χ2v) is 3.82. The summed E-state index contributed by atoms with van der Waals surface area (Å²) in [6, 6.07) is 0.592. The van der Waals surface area contributed by atoms with Crippen molar-refractivity contribution >= 4 is 11.8 Å². The summed E-state index contributed by atoms with van der Waals surface area (Å²) in [4.78, 5) is 2.19. The van der Waals surface area contributed by atoms with Gasteiger partial charge in [-0.05, 0) is 32.4 Å². The van der Waals surface area contributed by atoms with Crippen molar-refractivity contribution in [1.29, 1.82) is 0 Å². The van der Waals surface area contributed by atoms with E-state index in [9.17, 15) is 0 Å². The van der Waals surface area contributed by atoms with Crippen LogP contribution in [0, 0.1) is 0 Å². The van der Waals surface area contributed by atoms with E-state index in [4.69, 9.17) is 5.11 Å². The standard InChI is InChI=1S/C8H19NOS/c1-8(4-7-11-3)9(2)5-6-10/h8,10H,4-7H2,1-3H3. The lowest BCUT2D eigenvalue weighted by atomic mass is 10.2. The van der Waals surface area contributed by atoms with E-state index >= 15 is 0 Å². The molecule has 0 aromatic rings. The number of rotatable bonds is 6. The van der Waals surface area contributed by atoms with Gasteiger partial charge in [0.1, 0.15) is 0 Å². The molecule has 3 heteroatoms. The minimum Gasteiger partial charge on any atom is -0.395 e. The van der Waals surface area contributed by atoms with E-state index in [2.05, 4.69) is 25.1 Å². The fraction of sp³-hybridized carbons (Fsp3) is 1.00. The van der Waals surface area contributed by atoms with Gasteiger partial charge in [-0.3, -0.25) is 0 Å². The zero-order valence-corrected chi connectivity index (χ0v) is 8.52. The first-order valence-electron chi connectivity index (χ1n) is 4.02. The van der Waals surface area contributed by atoms with Crippen LogP contribution in [0.25, 0.3) is 0 Å². The predicted molar refractivity (Wildman–Crippen MR) is 52.2 cm³/mol. The van der Waals surface area contributed by atoms with Crippen LogP contribution < -0.4 is 0 Å². The number of aliphatic hydroxyl groups is 1. The smallest absolute Gasteiger partial charge is 0.0558 e. The molecule has 1 atom stereocenters. The summed E-state index contributed by atoms with van der Waals surface area (Å²) in [5.74, 6) is 1.21. The van der Waals surface area contributed by atoms with E-state index in [0.717, 1.165) is 6.54 Å². The molecule has 0 aromatic heterocycles. The number of hydrogen-bond donors (Lipinski definition) is 1. The lowest BCUT2D eigenvalue weighted by molar-refractivity contribution is 0.186. The van der Waals surface area contributed by atoms with E-state index in [1.54, 1.807) is 0 Å². The topological polar surface area (TPSA) is 23.5 Å². The van der Waals surface area contributed by atoms with Crippen LogP contribution in [0.1, 0.15) is 13.3 Å². The van der Waals surface area contributed by atoms with Crippen molar-refractivity contribution in [3.05, 3.63) is 0 Å². The Hall–Kier alpha value is 0.270. The number of thioether (sulfide) groups is 1. The normalized spacial score (nSPS) is 13.9. The van der Waals surface area contributed by atoms with Crippen molar-refractivity contribution < 1.29 is 5.11 Å². The quantitative estimate of drug-likeness (QED) is 0.656. The molecule has 0 heterocycles.